The molecule has 0 aliphatic rings. The molecule has 0 fully saturated rings. The molecule has 5 nitrogen and oxygen atoms in total. The summed E-state index contributed by atoms with van der Waals surface area (Å²) in [5, 5.41) is 19.0. The Morgan fingerprint density at radius 2 is 1.68 bits per heavy atom. The Kier molecular flexibility index (Phi) is 3.56. The van der Waals surface area contributed by atoms with E-state index in [1.54, 1.807) is 42.5 Å². The van der Waals surface area contributed by atoms with E-state index in [0.717, 1.165) is 5.56 Å². The van der Waals surface area contributed by atoms with Gasteiger partial charge >= 0.3 is 7.12 Å². The van der Waals surface area contributed by atoms with Gasteiger partial charge in [-0.15, -0.1) is 0 Å². The highest BCUT2D eigenvalue weighted by Crippen LogP contribution is 2.21. The number of nitrogens with zero attached hydrogens (tertiary/aromatic N) is 1. The van der Waals surface area contributed by atoms with Crippen LogP contribution in [0.3, 0.4) is 0 Å². The van der Waals surface area contributed by atoms with Crippen LogP contribution in [0.25, 0.3) is 10.9 Å². The van der Waals surface area contributed by atoms with Gasteiger partial charge in [-0.25, -0.2) is 12.4 Å². The van der Waals surface area contributed by atoms with Gasteiger partial charge in [0.05, 0.1) is 10.4 Å². The summed E-state index contributed by atoms with van der Waals surface area (Å²) in [4.78, 5) is 0.210. The zero-order valence-electron chi connectivity index (χ0n) is 11.8. The molecule has 0 radical (unpaired) electrons. The second kappa shape index (κ2) is 5.28. The highest BCUT2D eigenvalue weighted by atomic mass is 32.2. The summed E-state index contributed by atoms with van der Waals surface area (Å²) in [6, 6.07) is 12.9. The average molecular weight is 315 g/mol. The van der Waals surface area contributed by atoms with Crippen molar-refractivity contribution in [3.8, 4) is 0 Å². The van der Waals surface area contributed by atoms with E-state index in [1.165, 1.54) is 16.2 Å². The van der Waals surface area contributed by atoms with Crippen LogP contribution in [-0.4, -0.2) is 29.6 Å². The zero-order chi connectivity index (χ0) is 15.9. The molecule has 7 heteroatoms. The van der Waals surface area contributed by atoms with E-state index in [4.69, 9.17) is 0 Å². The minimum absolute atomic E-state index is 0.210. The SMILES string of the molecule is Cc1ccc(S(=O)(=O)n2ccc3cc(B(O)O)ccc32)cc1. The maximum Gasteiger partial charge on any atom is 0.488 e. The molecule has 0 atom stereocenters. The van der Waals surface area contributed by atoms with Crippen LogP contribution in [0.1, 0.15) is 5.56 Å². The summed E-state index contributed by atoms with van der Waals surface area (Å²) in [5.74, 6) is 0. The van der Waals surface area contributed by atoms with E-state index in [0.29, 0.717) is 16.4 Å². The molecule has 0 amide bonds. The molecule has 2 aromatic carbocycles. The summed E-state index contributed by atoms with van der Waals surface area (Å²) < 4.78 is 26.6. The van der Waals surface area contributed by atoms with Gasteiger partial charge in [0.2, 0.25) is 0 Å². The van der Waals surface area contributed by atoms with E-state index >= 15 is 0 Å². The lowest BCUT2D eigenvalue weighted by atomic mass is 9.80. The van der Waals surface area contributed by atoms with Gasteiger partial charge < -0.3 is 10.0 Å². The average Bonchev–Trinajstić information content (AvgIpc) is 2.91. The molecule has 0 bridgehead atoms. The van der Waals surface area contributed by atoms with Crippen LogP contribution in [0, 0.1) is 6.92 Å². The second-order valence-corrected chi connectivity index (χ2v) is 6.94. The Hall–Kier alpha value is -2.09. The lowest BCUT2D eigenvalue weighted by Gasteiger charge is -2.08. The van der Waals surface area contributed by atoms with Crippen LogP contribution in [0.5, 0.6) is 0 Å². The lowest BCUT2D eigenvalue weighted by Crippen LogP contribution is -2.29. The number of hydrogen-bond acceptors (Lipinski definition) is 4. The molecule has 1 heterocycles. The van der Waals surface area contributed by atoms with Crippen molar-refractivity contribution in [2.24, 2.45) is 0 Å². The number of aryl methyl sites for hydroxylation is 1. The molecular weight excluding hydrogens is 301 g/mol. The number of rotatable bonds is 3. The van der Waals surface area contributed by atoms with Crippen LogP contribution in [0.4, 0.5) is 0 Å². The molecule has 0 saturated carbocycles. The Labute approximate surface area is 128 Å². The first kappa shape index (κ1) is 14.8. The highest BCUT2D eigenvalue weighted by Gasteiger charge is 2.19. The van der Waals surface area contributed by atoms with Crippen molar-refractivity contribution >= 4 is 33.5 Å². The lowest BCUT2D eigenvalue weighted by molar-refractivity contribution is 0.426. The molecule has 1 aromatic heterocycles. The fourth-order valence-electron chi connectivity index (χ4n) is 2.33. The summed E-state index contributed by atoms with van der Waals surface area (Å²) >= 11 is 0. The van der Waals surface area contributed by atoms with E-state index in [-0.39, 0.29) is 4.90 Å². The standard InChI is InChI=1S/C15H14BNO4S/c1-11-2-5-14(6-3-11)22(20,21)17-9-8-12-10-13(16(18)19)4-7-15(12)17/h2-10,18-19H,1H3. The molecular formula is C15H14BNO4S. The van der Waals surface area contributed by atoms with Gasteiger partial charge in [-0.05, 0) is 36.7 Å². The van der Waals surface area contributed by atoms with Crippen molar-refractivity contribution in [1.29, 1.82) is 0 Å². The van der Waals surface area contributed by atoms with Crippen LogP contribution in [0.2, 0.25) is 0 Å². The van der Waals surface area contributed by atoms with Crippen molar-refractivity contribution in [3.05, 3.63) is 60.3 Å². The predicted octanol–water partition coefficient (Wildman–Crippen LogP) is 0.867. The topological polar surface area (TPSA) is 79.5 Å². The largest absolute Gasteiger partial charge is 0.488 e. The Morgan fingerprint density at radius 3 is 2.32 bits per heavy atom. The molecule has 3 rings (SSSR count). The third-order valence-electron chi connectivity index (χ3n) is 3.55. The molecule has 0 aliphatic carbocycles. The monoisotopic (exact) mass is 315 g/mol. The summed E-state index contributed by atoms with van der Waals surface area (Å²) in [5.41, 5.74) is 1.79. The highest BCUT2D eigenvalue weighted by molar-refractivity contribution is 7.90. The quantitative estimate of drug-likeness (QED) is 0.703. The first-order valence-corrected chi connectivity index (χ1v) is 8.13. The Bertz CT molecular complexity index is 930. The first-order valence-electron chi connectivity index (χ1n) is 6.69. The number of benzene rings is 2. The van der Waals surface area contributed by atoms with Crippen molar-refractivity contribution in [3.63, 3.8) is 0 Å². The van der Waals surface area contributed by atoms with Crippen molar-refractivity contribution < 1.29 is 18.5 Å². The van der Waals surface area contributed by atoms with E-state index < -0.39 is 17.1 Å². The number of hydrogen-bond donors (Lipinski definition) is 2. The van der Waals surface area contributed by atoms with Crippen LogP contribution >= 0.6 is 0 Å². The molecule has 2 N–H and O–H groups in total. The first-order chi connectivity index (χ1) is 10.4. The van der Waals surface area contributed by atoms with E-state index in [9.17, 15) is 18.5 Å². The Balaban J connectivity index is 2.15. The van der Waals surface area contributed by atoms with Gasteiger partial charge in [0, 0.05) is 11.6 Å². The van der Waals surface area contributed by atoms with Crippen LogP contribution < -0.4 is 5.46 Å². The third-order valence-corrected chi connectivity index (χ3v) is 5.26. The summed E-state index contributed by atoms with van der Waals surface area (Å²) in [6.45, 7) is 1.89. The normalized spacial score (nSPS) is 11.8. The van der Waals surface area contributed by atoms with Gasteiger partial charge in [-0.3, -0.25) is 0 Å². The van der Waals surface area contributed by atoms with E-state index in [1.807, 2.05) is 6.92 Å². The predicted molar refractivity (Wildman–Crippen MR) is 85.5 cm³/mol. The smallest absolute Gasteiger partial charge is 0.423 e. The van der Waals surface area contributed by atoms with Gasteiger partial charge in [0.25, 0.3) is 10.0 Å². The molecule has 22 heavy (non-hydrogen) atoms. The zero-order valence-corrected chi connectivity index (χ0v) is 12.7. The van der Waals surface area contributed by atoms with Gasteiger partial charge in [0.1, 0.15) is 0 Å². The maximum absolute atomic E-state index is 12.7. The molecule has 0 saturated heterocycles. The second-order valence-electron chi connectivity index (χ2n) is 5.12. The fraction of sp³-hybridized carbons (Fsp3) is 0.0667. The van der Waals surface area contributed by atoms with Crippen LogP contribution in [0.15, 0.2) is 59.6 Å². The summed E-state index contributed by atoms with van der Waals surface area (Å²) in [7, 11) is -5.26. The number of aromatic nitrogens is 1. The van der Waals surface area contributed by atoms with Crippen molar-refractivity contribution in [2.45, 2.75) is 11.8 Å². The fourth-order valence-corrected chi connectivity index (χ4v) is 3.68. The van der Waals surface area contributed by atoms with Crippen molar-refractivity contribution in [2.75, 3.05) is 0 Å². The molecule has 0 aliphatic heterocycles. The Morgan fingerprint density at radius 1 is 1.00 bits per heavy atom. The van der Waals surface area contributed by atoms with Gasteiger partial charge in [-0.1, -0.05) is 29.8 Å². The van der Waals surface area contributed by atoms with Crippen LogP contribution in [-0.2, 0) is 10.0 Å². The minimum Gasteiger partial charge on any atom is -0.423 e. The number of fused-ring (bicyclic) bond motifs is 1. The van der Waals surface area contributed by atoms with Gasteiger partial charge in [-0.2, -0.15) is 0 Å². The molecule has 0 spiro atoms. The van der Waals surface area contributed by atoms with Crippen molar-refractivity contribution in [1.82, 2.24) is 3.97 Å². The molecule has 112 valence electrons. The summed E-state index contributed by atoms with van der Waals surface area (Å²) in [6.07, 6.45) is 1.47. The molecule has 0 unspecified atom stereocenters. The third kappa shape index (κ3) is 2.43. The minimum atomic E-state index is -3.68. The van der Waals surface area contributed by atoms with E-state index in [2.05, 4.69) is 0 Å². The molecule has 3 aromatic rings. The van der Waals surface area contributed by atoms with Gasteiger partial charge in [0.15, 0.2) is 0 Å². The maximum atomic E-state index is 12.7.